The summed E-state index contributed by atoms with van der Waals surface area (Å²) in [6.07, 6.45) is -3.93. The number of amides is 1. The highest BCUT2D eigenvalue weighted by atomic mass is 32.1. The van der Waals surface area contributed by atoms with Gasteiger partial charge in [-0.3, -0.25) is 4.79 Å². The highest BCUT2D eigenvalue weighted by molar-refractivity contribution is 7.12. The van der Waals surface area contributed by atoms with E-state index >= 15 is 0 Å². The summed E-state index contributed by atoms with van der Waals surface area (Å²) in [5.41, 5.74) is 0.511. The van der Waals surface area contributed by atoms with Gasteiger partial charge in [-0.15, -0.1) is 11.3 Å². The third-order valence-corrected chi connectivity index (χ3v) is 5.21. The minimum absolute atomic E-state index is 0.403. The van der Waals surface area contributed by atoms with Crippen molar-refractivity contribution < 1.29 is 22.8 Å². The first-order valence-electron chi connectivity index (χ1n) is 7.50. The van der Waals surface area contributed by atoms with Gasteiger partial charge in [-0.05, 0) is 11.4 Å². The van der Waals surface area contributed by atoms with Gasteiger partial charge in [0, 0.05) is 38.8 Å². The number of nitrogens with zero attached hydrogens (tertiary/aromatic N) is 2. The molecule has 8 heteroatoms. The Morgan fingerprint density at radius 2 is 2.13 bits per heavy atom. The monoisotopic (exact) mass is 346 g/mol. The summed E-state index contributed by atoms with van der Waals surface area (Å²) >= 11 is 1.60. The lowest BCUT2D eigenvalue weighted by Crippen LogP contribution is -2.47. The molecular formula is C15H17F3N2O2S. The van der Waals surface area contributed by atoms with Crippen molar-refractivity contribution in [2.24, 2.45) is 5.16 Å². The smallest absolute Gasteiger partial charge is 0.388 e. The lowest BCUT2D eigenvalue weighted by molar-refractivity contribution is -0.152. The number of carbonyl (C=O) groups is 1. The van der Waals surface area contributed by atoms with Gasteiger partial charge in [0.15, 0.2) is 0 Å². The zero-order valence-corrected chi connectivity index (χ0v) is 13.3. The summed E-state index contributed by atoms with van der Waals surface area (Å²) in [6.45, 7) is 0.841. The van der Waals surface area contributed by atoms with E-state index in [1.54, 1.807) is 11.3 Å². The van der Waals surface area contributed by atoms with Crippen molar-refractivity contribution in [1.82, 2.24) is 4.90 Å². The molecule has 0 aromatic carbocycles. The fourth-order valence-electron chi connectivity index (χ4n) is 2.93. The number of hydrogen-bond acceptors (Lipinski definition) is 4. The molecule has 1 fully saturated rings. The van der Waals surface area contributed by atoms with Gasteiger partial charge in [0.25, 0.3) is 0 Å². The average molecular weight is 346 g/mol. The fraction of sp³-hybridized carbons (Fsp3) is 0.600. The van der Waals surface area contributed by atoms with Crippen LogP contribution in [0.4, 0.5) is 13.2 Å². The normalized spacial score (nSPS) is 20.5. The largest absolute Gasteiger partial charge is 0.389 e. The van der Waals surface area contributed by atoms with Gasteiger partial charge >= 0.3 is 6.18 Å². The van der Waals surface area contributed by atoms with Crippen molar-refractivity contribution in [2.75, 3.05) is 13.1 Å². The van der Waals surface area contributed by atoms with Gasteiger partial charge in [0.1, 0.15) is 11.3 Å². The van der Waals surface area contributed by atoms with Crippen LogP contribution in [0.15, 0.2) is 22.7 Å². The van der Waals surface area contributed by atoms with Crippen LogP contribution in [0.3, 0.4) is 0 Å². The van der Waals surface area contributed by atoms with Crippen LogP contribution in [0.5, 0.6) is 0 Å². The van der Waals surface area contributed by atoms with E-state index in [0.717, 1.165) is 10.6 Å². The number of carbonyl (C=O) groups excluding carboxylic acids is 1. The van der Waals surface area contributed by atoms with Gasteiger partial charge < -0.3 is 9.74 Å². The molecule has 4 nitrogen and oxygen atoms in total. The summed E-state index contributed by atoms with van der Waals surface area (Å²) in [5.74, 6) is -0.436. The SMILES string of the molecule is O=C(CCC(F)(F)F)N1CCC2(CC1)CC(c1cccs1)=NO2. The first-order valence-corrected chi connectivity index (χ1v) is 8.38. The van der Waals surface area contributed by atoms with Gasteiger partial charge in [0.2, 0.25) is 5.91 Å². The molecule has 2 aliphatic rings. The first-order chi connectivity index (χ1) is 10.9. The molecule has 0 unspecified atom stereocenters. The van der Waals surface area contributed by atoms with Crippen LogP contribution < -0.4 is 0 Å². The molecular weight excluding hydrogens is 329 g/mol. The van der Waals surface area contributed by atoms with Crippen LogP contribution in [0.2, 0.25) is 0 Å². The number of likely N-dealkylation sites (tertiary alicyclic amines) is 1. The molecule has 1 aromatic heterocycles. The number of halogens is 3. The van der Waals surface area contributed by atoms with E-state index in [1.165, 1.54) is 4.90 Å². The summed E-state index contributed by atoms with van der Waals surface area (Å²) < 4.78 is 36.6. The summed E-state index contributed by atoms with van der Waals surface area (Å²) in [5, 5.41) is 6.15. The second-order valence-electron chi connectivity index (χ2n) is 5.96. The molecule has 0 aliphatic carbocycles. The van der Waals surface area contributed by atoms with E-state index in [1.807, 2.05) is 17.5 Å². The topological polar surface area (TPSA) is 41.9 Å². The first kappa shape index (κ1) is 16.3. The molecule has 0 radical (unpaired) electrons. The lowest BCUT2D eigenvalue weighted by Gasteiger charge is -2.37. The molecule has 1 spiro atoms. The Hall–Kier alpha value is -1.57. The van der Waals surface area contributed by atoms with Gasteiger partial charge in [0.05, 0.1) is 11.3 Å². The van der Waals surface area contributed by atoms with Crippen molar-refractivity contribution in [3.63, 3.8) is 0 Å². The summed E-state index contributed by atoms with van der Waals surface area (Å²) in [6, 6.07) is 3.94. The number of alkyl halides is 3. The lowest BCUT2D eigenvalue weighted by atomic mass is 9.86. The molecule has 0 atom stereocenters. The van der Waals surface area contributed by atoms with Crippen molar-refractivity contribution >= 4 is 23.0 Å². The maximum absolute atomic E-state index is 12.2. The Labute approximate surface area is 135 Å². The standard InChI is InChI=1S/C15H17F3N2O2S/c16-15(17,18)4-3-13(21)20-7-5-14(6-8-20)10-11(19-22-14)12-2-1-9-23-12/h1-2,9H,3-8,10H2. The number of oxime groups is 1. The number of thiophene rings is 1. The third-order valence-electron chi connectivity index (χ3n) is 4.29. The van der Waals surface area contributed by atoms with Crippen molar-refractivity contribution in [2.45, 2.75) is 43.9 Å². The van der Waals surface area contributed by atoms with E-state index in [0.29, 0.717) is 32.4 Å². The minimum atomic E-state index is -4.29. The Kier molecular flexibility index (Phi) is 4.35. The Bertz CT molecular complexity index is 590. The third kappa shape index (κ3) is 3.85. The molecule has 3 rings (SSSR count). The maximum atomic E-state index is 12.2. The number of rotatable bonds is 3. The molecule has 0 saturated carbocycles. The van der Waals surface area contributed by atoms with Crippen LogP contribution >= 0.6 is 11.3 Å². The van der Waals surface area contributed by atoms with E-state index in [-0.39, 0.29) is 0 Å². The van der Waals surface area contributed by atoms with Crippen LogP contribution in [-0.4, -0.2) is 41.4 Å². The molecule has 3 heterocycles. The van der Waals surface area contributed by atoms with Gasteiger partial charge in [-0.25, -0.2) is 0 Å². The molecule has 23 heavy (non-hydrogen) atoms. The maximum Gasteiger partial charge on any atom is 0.389 e. The molecule has 1 saturated heterocycles. The molecule has 0 bridgehead atoms. The zero-order chi connectivity index (χ0) is 16.5. The Morgan fingerprint density at radius 3 is 2.74 bits per heavy atom. The van der Waals surface area contributed by atoms with E-state index in [2.05, 4.69) is 5.16 Å². The fourth-order valence-corrected chi connectivity index (χ4v) is 3.64. The summed E-state index contributed by atoms with van der Waals surface area (Å²) in [7, 11) is 0. The molecule has 1 amide bonds. The Morgan fingerprint density at radius 1 is 1.39 bits per heavy atom. The highest BCUT2D eigenvalue weighted by Gasteiger charge is 2.43. The van der Waals surface area contributed by atoms with Crippen LogP contribution in [0.25, 0.3) is 0 Å². The van der Waals surface area contributed by atoms with Crippen LogP contribution in [-0.2, 0) is 9.63 Å². The average Bonchev–Trinajstić information content (AvgIpc) is 3.15. The van der Waals surface area contributed by atoms with Crippen molar-refractivity contribution in [3.8, 4) is 0 Å². The van der Waals surface area contributed by atoms with E-state index < -0.39 is 30.5 Å². The van der Waals surface area contributed by atoms with Crippen LogP contribution in [0.1, 0.15) is 37.0 Å². The molecule has 1 aromatic rings. The number of hydrogen-bond donors (Lipinski definition) is 0. The second kappa shape index (κ2) is 6.14. The quantitative estimate of drug-likeness (QED) is 0.839. The predicted molar refractivity (Wildman–Crippen MR) is 80.4 cm³/mol. The predicted octanol–water partition coefficient (Wildman–Crippen LogP) is 3.58. The molecule has 2 aliphatic heterocycles. The number of piperidine rings is 1. The molecule has 126 valence electrons. The van der Waals surface area contributed by atoms with Crippen molar-refractivity contribution in [3.05, 3.63) is 22.4 Å². The minimum Gasteiger partial charge on any atom is -0.388 e. The van der Waals surface area contributed by atoms with Gasteiger partial charge in [-0.1, -0.05) is 11.2 Å². The summed E-state index contributed by atoms with van der Waals surface area (Å²) in [4.78, 5) is 20.1. The van der Waals surface area contributed by atoms with Gasteiger partial charge in [-0.2, -0.15) is 13.2 Å². The van der Waals surface area contributed by atoms with Crippen molar-refractivity contribution in [1.29, 1.82) is 0 Å². The zero-order valence-electron chi connectivity index (χ0n) is 12.4. The van der Waals surface area contributed by atoms with Crippen LogP contribution in [0, 0.1) is 0 Å². The molecule has 0 N–H and O–H groups in total. The van der Waals surface area contributed by atoms with E-state index in [4.69, 9.17) is 4.84 Å². The highest BCUT2D eigenvalue weighted by Crippen LogP contribution is 2.37. The second-order valence-corrected chi connectivity index (χ2v) is 6.91. The Balaban J connectivity index is 1.50. The van der Waals surface area contributed by atoms with E-state index in [9.17, 15) is 18.0 Å².